The van der Waals surface area contributed by atoms with Crippen LogP contribution >= 0.6 is 0 Å². The smallest absolute Gasteiger partial charge is 0.407 e. The Morgan fingerprint density at radius 2 is 2.26 bits per heavy atom. The lowest BCUT2D eigenvalue weighted by Crippen LogP contribution is -2.23. The predicted octanol–water partition coefficient (Wildman–Crippen LogP) is 2.06. The van der Waals surface area contributed by atoms with Crippen LogP contribution in [0.4, 0.5) is 9.18 Å². The Labute approximate surface area is 108 Å². The molecule has 19 heavy (non-hydrogen) atoms. The van der Waals surface area contributed by atoms with Gasteiger partial charge in [0.15, 0.2) is 0 Å². The first-order valence-corrected chi connectivity index (χ1v) is 5.89. The maximum absolute atomic E-state index is 13.1. The third-order valence-electron chi connectivity index (χ3n) is 3.13. The topological polar surface area (TPSA) is 58.4 Å². The predicted molar refractivity (Wildman–Crippen MR) is 65.0 cm³/mol. The van der Waals surface area contributed by atoms with Crippen molar-refractivity contribution in [1.82, 2.24) is 14.7 Å². The Hall–Kier alpha value is -2.37. The number of nitrogens with zero attached hydrogens (tertiary/aromatic N) is 3. The van der Waals surface area contributed by atoms with Crippen LogP contribution in [0.3, 0.4) is 0 Å². The number of hydrogen-bond donors (Lipinski definition) is 1. The fraction of sp³-hybridized carbons (Fsp3) is 0.231. The average molecular weight is 261 g/mol. The molecule has 6 heteroatoms. The van der Waals surface area contributed by atoms with Crippen molar-refractivity contribution in [2.24, 2.45) is 0 Å². The molecule has 0 spiro atoms. The molecule has 0 unspecified atom stereocenters. The minimum Gasteiger partial charge on any atom is -0.465 e. The summed E-state index contributed by atoms with van der Waals surface area (Å²) in [6, 6.07) is 6.36. The van der Waals surface area contributed by atoms with E-state index in [-0.39, 0.29) is 5.82 Å². The molecule has 2 aromatic rings. The number of benzene rings is 1. The van der Waals surface area contributed by atoms with Crippen molar-refractivity contribution in [3.05, 3.63) is 53.1 Å². The zero-order chi connectivity index (χ0) is 13.4. The number of carbonyl (C=O) groups is 1. The van der Waals surface area contributed by atoms with Gasteiger partial charge in [-0.1, -0.05) is 12.1 Å². The summed E-state index contributed by atoms with van der Waals surface area (Å²) in [6.45, 7) is 1.17. The van der Waals surface area contributed by atoms with E-state index in [2.05, 4.69) is 5.10 Å². The van der Waals surface area contributed by atoms with Crippen LogP contribution in [0.5, 0.6) is 0 Å². The molecule has 1 aliphatic rings. The quantitative estimate of drug-likeness (QED) is 0.900. The van der Waals surface area contributed by atoms with Gasteiger partial charge in [0.2, 0.25) is 0 Å². The number of aromatic nitrogens is 2. The molecule has 1 amide bonds. The zero-order valence-corrected chi connectivity index (χ0v) is 10.1. The third-order valence-corrected chi connectivity index (χ3v) is 3.13. The molecule has 0 bridgehead atoms. The molecule has 0 fully saturated rings. The van der Waals surface area contributed by atoms with Gasteiger partial charge >= 0.3 is 6.09 Å². The van der Waals surface area contributed by atoms with Crippen LogP contribution in [0.25, 0.3) is 0 Å². The minimum atomic E-state index is -0.935. The van der Waals surface area contributed by atoms with Crippen LogP contribution < -0.4 is 0 Å². The average Bonchev–Trinajstić information content (AvgIpc) is 2.86. The lowest BCUT2D eigenvalue weighted by atomic mass is 10.2. The molecule has 1 aromatic heterocycles. The standard InChI is InChI=1S/C13H12FN3O2/c14-11-3-1-2-9(4-11)5-17-7-10-6-16(13(18)19)8-12(10)15-17/h1-4,7H,5-6,8H2,(H,18,19). The number of rotatable bonds is 2. The summed E-state index contributed by atoms with van der Waals surface area (Å²) >= 11 is 0. The minimum absolute atomic E-state index is 0.269. The molecule has 1 aliphatic heterocycles. The van der Waals surface area contributed by atoms with Gasteiger partial charge in [0.1, 0.15) is 5.82 Å². The van der Waals surface area contributed by atoms with Crippen LogP contribution in [0, 0.1) is 5.82 Å². The van der Waals surface area contributed by atoms with Gasteiger partial charge in [-0.15, -0.1) is 0 Å². The van der Waals surface area contributed by atoms with E-state index in [1.165, 1.54) is 17.0 Å². The van der Waals surface area contributed by atoms with Crippen molar-refractivity contribution < 1.29 is 14.3 Å². The second kappa shape index (κ2) is 4.38. The molecule has 5 nitrogen and oxygen atoms in total. The number of fused-ring (bicyclic) bond motifs is 1. The Kier molecular flexibility index (Phi) is 2.70. The SMILES string of the molecule is O=C(O)N1Cc2cn(Cc3cccc(F)c3)nc2C1. The van der Waals surface area contributed by atoms with Crippen molar-refractivity contribution in [2.75, 3.05) is 0 Å². The lowest BCUT2D eigenvalue weighted by molar-refractivity contribution is 0.144. The molecule has 0 aliphatic carbocycles. The summed E-state index contributed by atoms with van der Waals surface area (Å²) in [7, 11) is 0. The van der Waals surface area contributed by atoms with Gasteiger partial charge in [-0.3, -0.25) is 9.58 Å². The summed E-state index contributed by atoms with van der Waals surface area (Å²) in [5, 5.41) is 13.2. The summed E-state index contributed by atoms with van der Waals surface area (Å²) in [6.07, 6.45) is 0.887. The van der Waals surface area contributed by atoms with E-state index in [1.54, 1.807) is 10.7 Å². The molecule has 1 aromatic carbocycles. The Balaban J connectivity index is 1.76. The molecular weight excluding hydrogens is 249 g/mol. The van der Waals surface area contributed by atoms with Gasteiger partial charge in [-0.05, 0) is 17.7 Å². The molecular formula is C13H12FN3O2. The second-order valence-corrected chi connectivity index (χ2v) is 4.57. The van der Waals surface area contributed by atoms with Gasteiger partial charge in [-0.2, -0.15) is 5.10 Å². The van der Waals surface area contributed by atoms with Crippen LogP contribution in [0.15, 0.2) is 30.5 Å². The van der Waals surface area contributed by atoms with Crippen LogP contribution in [-0.4, -0.2) is 25.9 Å². The first-order valence-electron chi connectivity index (χ1n) is 5.89. The Morgan fingerprint density at radius 1 is 1.42 bits per heavy atom. The van der Waals surface area contributed by atoms with Gasteiger partial charge in [0.25, 0.3) is 0 Å². The number of carboxylic acid groups (broad SMARTS) is 1. The molecule has 98 valence electrons. The van der Waals surface area contributed by atoms with E-state index in [0.29, 0.717) is 19.6 Å². The van der Waals surface area contributed by atoms with Crippen molar-refractivity contribution in [3.8, 4) is 0 Å². The first-order chi connectivity index (χ1) is 9.11. The van der Waals surface area contributed by atoms with Crippen molar-refractivity contribution in [1.29, 1.82) is 0 Å². The summed E-state index contributed by atoms with van der Waals surface area (Å²) < 4.78 is 14.8. The first kappa shape index (κ1) is 11.7. The highest BCUT2D eigenvalue weighted by molar-refractivity contribution is 5.66. The number of hydrogen-bond acceptors (Lipinski definition) is 2. The summed E-state index contributed by atoms with van der Waals surface area (Å²) in [4.78, 5) is 12.1. The highest BCUT2D eigenvalue weighted by atomic mass is 19.1. The van der Waals surface area contributed by atoms with Gasteiger partial charge in [0, 0.05) is 11.8 Å². The van der Waals surface area contributed by atoms with E-state index in [9.17, 15) is 9.18 Å². The lowest BCUT2D eigenvalue weighted by Gasteiger charge is -2.10. The monoisotopic (exact) mass is 261 g/mol. The highest BCUT2D eigenvalue weighted by Crippen LogP contribution is 2.21. The number of amides is 1. The maximum atomic E-state index is 13.1. The van der Waals surface area contributed by atoms with E-state index >= 15 is 0 Å². The fourth-order valence-corrected chi connectivity index (χ4v) is 2.25. The molecule has 0 saturated heterocycles. The van der Waals surface area contributed by atoms with Crippen LogP contribution in [0.1, 0.15) is 16.8 Å². The summed E-state index contributed by atoms with van der Waals surface area (Å²) in [5.74, 6) is -0.269. The Morgan fingerprint density at radius 3 is 2.95 bits per heavy atom. The fourth-order valence-electron chi connectivity index (χ4n) is 2.25. The summed E-state index contributed by atoms with van der Waals surface area (Å²) in [5.41, 5.74) is 2.52. The second-order valence-electron chi connectivity index (χ2n) is 4.57. The van der Waals surface area contributed by atoms with Gasteiger partial charge in [-0.25, -0.2) is 9.18 Å². The third kappa shape index (κ3) is 2.29. The normalized spacial score (nSPS) is 13.6. The molecule has 0 atom stereocenters. The zero-order valence-electron chi connectivity index (χ0n) is 10.1. The Bertz CT molecular complexity index is 615. The number of halogens is 1. The van der Waals surface area contributed by atoms with E-state index < -0.39 is 6.09 Å². The van der Waals surface area contributed by atoms with E-state index in [0.717, 1.165) is 16.8 Å². The molecule has 1 N–H and O–H groups in total. The molecule has 2 heterocycles. The highest BCUT2D eigenvalue weighted by Gasteiger charge is 2.25. The van der Waals surface area contributed by atoms with Crippen LogP contribution in [-0.2, 0) is 19.6 Å². The van der Waals surface area contributed by atoms with Crippen LogP contribution in [0.2, 0.25) is 0 Å². The van der Waals surface area contributed by atoms with Crippen molar-refractivity contribution in [3.63, 3.8) is 0 Å². The largest absolute Gasteiger partial charge is 0.465 e. The molecule has 0 saturated carbocycles. The van der Waals surface area contributed by atoms with Gasteiger partial charge in [0.05, 0.1) is 25.3 Å². The molecule has 3 rings (SSSR count). The van der Waals surface area contributed by atoms with Crippen molar-refractivity contribution >= 4 is 6.09 Å². The van der Waals surface area contributed by atoms with Crippen molar-refractivity contribution in [2.45, 2.75) is 19.6 Å². The van der Waals surface area contributed by atoms with Gasteiger partial charge < -0.3 is 5.11 Å². The maximum Gasteiger partial charge on any atom is 0.407 e. The van der Waals surface area contributed by atoms with E-state index in [1.807, 2.05) is 12.3 Å². The molecule has 0 radical (unpaired) electrons. The van der Waals surface area contributed by atoms with E-state index in [4.69, 9.17) is 5.11 Å².